The molecule has 0 radical (unpaired) electrons. The molecule has 11 nitrogen and oxygen atoms in total. The third kappa shape index (κ3) is 9.20. The maximum atomic E-state index is 13.3. The molecule has 11 heteroatoms. The zero-order valence-electron chi connectivity index (χ0n) is 20.2. The lowest BCUT2D eigenvalue weighted by atomic mass is 10.0. The molecule has 0 aliphatic carbocycles. The van der Waals surface area contributed by atoms with Crippen LogP contribution in [0.15, 0.2) is 42.9 Å². The number of aromatic amines is 1. The van der Waals surface area contributed by atoms with Crippen LogP contribution in [0.2, 0.25) is 0 Å². The first kappa shape index (κ1) is 27.5. The summed E-state index contributed by atoms with van der Waals surface area (Å²) in [6.07, 6.45) is 3.40. The van der Waals surface area contributed by atoms with Crippen LogP contribution < -0.4 is 21.7 Å². The van der Waals surface area contributed by atoms with Crippen molar-refractivity contribution >= 4 is 23.7 Å². The Kier molecular flexibility index (Phi) is 10.4. The van der Waals surface area contributed by atoms with Crippen LogP contribution in [0.5, 0.6) is 0 Å². The third-order valence-electron chi connectivity index (χ3n) is 5.26. The van der Waals surface area contributed by atoms with Gasteiger partial charge in [-0.2, -0.15) is 0 Å². The van der Waals surface area contributed by atoms with Crippen molar-refractivity contribution in [1.29, 1.82) is 0 Å². The largest absolute Gasteiger partial charge is 0.480 e. The van der Waals surface area contributed by atoms with E-state index in [9.17, 15) is 24.3 Å². The topological polar surface area (TPSA) is 179 Å². The lowest BCUT2D eigenvalue weighted by Gasteiger charge is -2.25. The summed E-state index contributed by atoms with van der Waals surface area (Å²) in [7, 11) is 0. The molecule has 0 aliphatic rings. The Labute approximate surface area is 204 Å². The first-order valence-corrected chi connectivity index (χ1v) is 11.5. The van der Waals surface area contributed by atoms with Gasteiger partial charge in [-0.15, -0.1) is 0 Å². The number of aromatic nitrogens is 2. The van der Waals surface area contributed by atoms with Crippen molar-refractivity contribution in [2.24, 2.45) is 11.7 Å². The molecule has 1 aromatic carbocycles. The zero-order chi connectivity index (χ0) is 26.0. The predicted octanol–water partition coefficient (Wildman–Crippen LogP) is 0.127. The van der Waals surface area contributed by atoms with Crippen LogP contribution in [0.4, 0.5) is 0 Å². The molecular weight excluding hydrogens is 452 g/mol. The van der Waals surface area contributed by atoms with Gasteiger partial charge >= 0.3 is 5.97 Å². The number of carbonyl (C=O) groups excluding carboxylic acids is 3. The Morgan fingerprint density at radius 3 is 2.00 bits per heavy atom. The van der Waals surface area contributed by atoms with E-state index in [2.05, 4.69) is 25.9 Å². The zero-order valence-corrected chi connectivity index (χ0v) is 20.2. The fourth-order valence-corrected chi connectivity index (χ4v) is 3.43. The number of nitrogens with one attached hydrogen (secondary N) is 4. The Balaban J connectivity index is 2.24. The van der Waals surface area contributed by atoms with Gasteiger partial charge in [0.15, 0.2) is 0 Å². The van der Waals surface area contributed by atoms with E-state index in [0.717, 1.165) is 5.56 Å². The van der Waals surface area contributed by atoms with Crippen molar-refractivity contribution in [3.05, 3.63) is 54.1 Å². The van der Waals surface area contributed by atoms with Crippen LogP contribution in [0.3, 0.4) is 0 Å². The van der Waals surface area contributed by atoms with Gasteiger partial charge in [0.1, 0.15) is 18.1 Å². The normalized spacial score (nSPS) is 14.4. The molecule has 190 valence electrons. The minimum absolute atomic E-state index is 0.0285. The van der Waals surface area contributed by atoms with E-state index >= 15 is 0 Å². The van der Waals surface area contributed by atoms with Crippen LogP contribution in [0, 0.1) is 5.92 Å². The van der Waals surface area contributed by atoms with Crippen LogP contribution in [-0.4, -0.2) is 62.9 Å². The third-order valence-corrected chi connectivity index (χ3v) is 5.26. The van der Waals surface area contributed by atoms with E-state index in [-0.39, 0.29) is 25.2 Å². The fraction of sp³-hybridized carbons (Fsp3) is 0.458. The Morgan fingerprint density at radius 2 is 1.49 bits per heavy atom. The summed E-state index contributed by atoms with van der Waals surface area (Å²) < 4.78 is 0. The highest BCUT2D eigenvalue weighted by Crippen LogP contribution is 2.08. The first-order valence-electron chi connectivity index (χ1n) is 11.5. The number of H-pyrrole nitrogens is 1. The minimum Gasteiger partial charge on any atom is -0.480 e. The first-order chi connectivity index (χ1) is 16.6. The quantitative estimate of drug-likeness (QED) is 0.233. The van der Waals surface area contributed by atoms with Crippen LogP contribution in [-0.2, 0) is 32.0 Å². The maximum absolute atomic E-state index is 13.3. The summed E-state index contributed by atoms with van der Waals surface area (Å²) in [6, 6.07) is 5.03. The minimum atomic E-state index is -1.16. The van der Waals surface area contributed by atoms with Crippen molar-refractivity contribution in [2.75, 3.05) is 0 Å². The molecule has 2 rings (SSSR count). The van der Waals surface area contributed by atoms with Gasteiger partial charge in [-0.1, -0.05) is 44.2 Å². The second kappa shape index (κ2) is 13.2. The fourth-order valence-electron chi connectivity index (χ4n) is 3.43. The van der Waals surface area contributed by atoms with Crippen LogP contribution in [0.25, 0.3) is 0 Å². The highest BCUT2D eigenvalue weighted by atomic mass is 16.4. The molecule has 7 N–H and O–H groups in total. The smallest absolute Gasteiger partial charge is 0.326 e. The number of rotatable bonds is 13. The summed E-state index contributed by atoms with van der Waals surface area (Å²) in [5.74, 6) is -2.90. The summed E-state index contributed by atoms with van der Waals surface area (Å²) in [5, 5.41) is 17.3. The average Bonchev–Trinajstić information content (AvgIpc) is 3.31. The van der Waals surface area contributed by atoms with Gasteiger partial charge in [-0.3, -0.25) is 14.4 Å². The lowest BCUT2D eigenvalue weighted by molar-refractivity contribution is -0.142. The summed E-state index contributed by atoms with van der Waals surface area (Å²) >= 11 is 0. The number of nitrogens with two attached hydrogens (primary N) is 1. The number of amides is 3. The monoisotopic (exact) mass is 486 g/mol. The van der Waals surface area contributed by atoms with E-state index in [0.29, 0.717) is 5.69 Å². The van der Waals surface area contributed by atoms with Crippen molar-refractivity contribution < 1.29 is 24.3 Å². The van der Waals surface area contributed by atoms with E-state index in [1.54, 1.807) is 0 Å². The summed E-state index contributed by atoms with van der Waals surface area (Å²) in [4.78, 5) is 57.1. The number of imidazole rings is 1. The Hall–Kier alpha value is -3.73. The van der Waals surface area contributed by atoms with Gasteiger partial charge < -0.3 is 31.8 Å². The molecule has 1 heterocycles. The summed E-state index contributed by atoms with van der Waals surface area (Å²) in [5.41, 5.74) is 7.04. The molecule has 35 heavy (non-hydrogen) atoms. The number of hydrogen-bond donors (Lipinski definition) is 6. The molecule has 0 aliphatic heterocycles. The van der Waals surface area contributed by atoms with Crippen molar-refractivity contribution in [2.45, 2.75) is 64.2 Å². The molecule has 0 spiro atoms. The lowest BCUT2D eigenvalue weighted by Crippen LogP contribution is -2.58. The highest BCUT2D eigenvalue weighted by molar-refractivity contribution is 5.94. The second-order valence-electron chi connectivity index (χ2n) is 8.91. The number of carbonyl (C=O) groups is 4. The molecule has 3 amide bonds. The van der Waals surface area contributed by atoms with Gasteiger partial charge in [0.25, 0.3) is 0 Å². The van der Waals surface area contributed by atoms with E-state index in [4.69, 9.17) is 5.73 Å². The standard InChI is InChI=1S/C24H34N6O5/c1-14(2)9-20(24(34)35)30-23(33)19(11-17-12-26-13-27-17)29-22(32)18(28-21(31)15(3)25)10-16-7-5-4-6-8-16/h4-8,12-15,18-20H,9-11,25H2,1-3H3,(H,26,27)(H,28,31)(H,29,32)(H,30,33)(H,34,35). The number of aliphatic carboxylic acids is 1. The van der Waals surface area contributed by atoms with Crippen molar-refractivity contribution in [1.82, 2.24) is 25.9 Å². The molecule has 4 atom stereocenters. The highest BCUT2D eigenvalue weighted by Gasteiger charge is 2.30. The maximum Gasteiger partial charge on any atom is 0.326 e. The van der Waals surface area contributed by atoms with Crippen molar-refractivity contribution in [3.63, 3.8) is 0 Å². The molecule has 0 saturated carbocycles. The number of hydrogen-bond acceptors (Lipinski definition) is 6. The van der Waals surface area contributed by atoms with Crippen LogP contribution in [0.1, 0.15) is 38.4 Å². The number of carboxylic acids is 1. The second-order valence-corrected chi connectivity index (χ2v) is 8.91. The Bertz CT molecular complexity index is 978. The molecular formula is C24H34N6O5. The molecule has 0 fully saturated rings. The molecule has 0 saturated heterocycles. The van der Waals surface area contributed by atoms with E-state index in [1.165, 1.54) is 19.4 Å². The molecule has 2 aromatic rings. The van der Waals surface area contributed by atoms with Gasteiger partial charge in [0.05, 0.1) is 12.4 Å². The van der Waals surface area contributed by atoms with E-state index < -0.39 is 47.9 Å². The average molecular weight is 487 g/mol. The molecule has 0 bridgehead atoms. The molecule has 1 aromatic heterocycles. The van der Waals surface area contributed by atoms with Gasteiger partial charge in [0.2, 0.25) is 17.7 Å². The van der Waals surface area contributed by atoms with E-state index in [1.807, 2.05) is 44.2 Å². The van der Waals surface area contributed by atoms with Crippen molar-refractivity contribution in [3.8, 4) is 0 Å². The van der Waals surface area contributed by atoms with Crippen LogP contribution >= 0.6 is 0 Å². The SMILES string of the molecule is CC(C)CC(NC(=O)C(Cc1cnc[nH]1)NC(=O)C(Cc1ccccc1)NC(=O)C(C)N)C(=O)O. The number of carboxylic acid groups (broad SMARTS) is 1. The summed E-state index contributed by atoms with van der Waals surface area (Å²) in [6.45, 7) is 5.20. The van der Waals surface area contributed by atoms with Gasteiger partial charge in [-0.25, -0.2) is 9.78 Å². The Morgan fingerprint density at radius 1 is 0.914 bits per heavy atom. The molecule has 4 unspecified atom stereocenters. The number of benzene rings is 1. The predicted molar refractivity (Wildman–Crippen MR) is 129 cm³/mol. The van der Waals surface area contributed by atoms with Gasteiger partial charge in [-0.05, 0) is 24.8 Å². The number of nitrogens with zero attached hydrogens (tertiary/aromatic N) is 1. The van der Waals surface area contributed by atoms with Gasteiger partial charge in [0, 0.05) is 24.7 Å².